The van der Waals surface area contributed by atoms with E-state index in [9.17, 15) is 14.4 Å². The summed E-state index contributed by atoms with van der Waals surface area (Å²) < 4.78 is 0. The van der Waals surface area contributed by atoms with Gasteiger partial charge in [0.15, 0.2) is 0 Å². The lowest BCUT2D eigenvalue weighted by Crippen LogP contribution is -2.44. The third-order valence-electron chi connectivity index (χ3n) is 2.70. The molecule has 0 radical (unpaired) electrons. The SMILES string of the molecule is CNC(=O)c1ccc(C(=O)N[C@@H](C(=O)O)C(C)C)cn1. The standard InChI is InChI=1S/C13H17N3O4/c1-7(2)10(13(19)20)16-11(17)8-4-5-9(15-6-8)12(18)14-3/h4-7,10H,1-3H3,(H,14,18)(H,16,17)(H,19,20)/t10-/m1/s1. The van der Waals surface area contributed by atoms with Gasteiger partial charge in [0.1, 0.15) is 11.7 Å². The number of aromatic nitrogens is 1. The Bertz CT molecular complexity index is 511. The van der Waals surface area contributed by atoms with E-state index in [4.69, 9.17) is 5.11 Å². The van der Waals surface area contributed by atoms with E-state index >= 15 is 0 Å². The molecule has 20 heavy (non-hydrogen) atoms. The van der Waals surface area contributed by atoms with Crippen molar-refractivity contribution in [3.8, 4) is 0 Å². The van der Waals surface area contributed by atoms with Gasteiger partial charge in [-0.2, -0.15) is 0 Å². The van der Waals surface area contributed by atoms with Gasteiger partial charge in [-0.1, -0.05) is 13.8 Å². The first kappa shape index (κ1) is 15.6. The third kappa shape index (κ3) is 3.78. The zero-order chi connectivity index (χ0) is 15.3. The maximum Gasteiger partial charge on any atom is 0.326 e. The molecule has 2 amide bonds. The van der Waals surface area contributed by atoms with Crippen LogP contribution in [0.15, 0.2) is 18.3 Å². The predicted octanol–water partition coefficient (Wildman–Crippen LogP) is 0.280. The van der Waals surface area contributed by atoms with Gasteiger partial charge in [-0.3, -0.25) is 14.6 Å². The average Bonchev–Trinajstić information content (AvgIpc) is 2.43. The van der Waals surface area contributed by atoms with E-state index in [0.717, 1.165) is 0 Å². The molecule has 0 saturated carbocycles. The Kier molecular flexibility index (Phi) is 5.19. The van der Waals surface area contributed by atoms with E-state index < -0.39 is 17.9 Å². The van der Waals surface area contributed by atoms with Crippen molar-refractivity contribution in [3.63, 3.8) is 0 Å². The van der Waals surface area contributed by atoms with Crippen LogP contribution in [0.1, 0.15) is 34.7 Å². The largest absolute Gasteiger partial charge is 0.480 e. The molecular formula is C13H17N3O4. The van der Waals surface area contributed by atoms with Crippen LogP contribution in [0.2, 0.25) is 0 Å². The van der Waals surface area contributed by atoms with Crippen molar-refractivity contribution in [2.24, 2.45) is 5.92 Å². The van der Waals surface area contributed by atoms with Crippen molar-refractivity contribution >= 4 is 17.8 Å². The monoisotopic (exact) mass is 279 g/mol. The molecule has 0 fully saturated rings. The van der Waals surface area contributed by atoms with E-state index in [1.54, 1.807) is 13.8 Å². The van der Waals surface area contributed by atoms with Crippen LogP contribution in [0.3, 0.4) is 0 Å². The Labute approximate surface area is 116 Å². The van der Waals surface area contributed by atoms with Crippen LogP contribution in [0.25, 0.3) is 0 Å². The van der Waals surface area contributed by atoms with Gasteiger partial charge in [0.05, 0.1) is 5.56 Å². The van der Waals surface area contributed by atoms with E-state index in [0.29, 0.717) is 0 Å². The second kappa shape index (κ2) is 6.65. The fourth-order valence-corrected chi connectivity index (χ4v) is 1.53. The highest BCUT2D eigenvalue weighted by atomic mass is 16.4. The molecule has 0 spiro atoms. The second-order valence-electron chi connectivity index (χ2n) is 4.54. The number of hydrogen-bond acceptors (Lipinski definition) is 4. The highest BCUT2D eigenvalue weighted by Gasteiger charge is 2.24. The summed E-state index contributed by atoms with van der Waals surface area (Å²) in [5.74, 6) is -2.23. The van der Waals surface area contributed by atoms with Gasteiger partial charge >= 0.3 is 5.97 Å². The molecule has 1 rings (SSSR count). The minimum atomic E-state index is -1.09. The Morgan fingerprint density at radius 1 is 1.20 bits per heavy atom. The van der Waals surface area contributed by atoms with Crippen molar-refractivity contribution in [3.05, 3.63) is 29.6 Å². The van der Waals surface area contributed by atoms with Crippen LogP contribution in [0, 0.1) is 5.92 Å². The molecule has 0 bridgehead atoms. The predicted molar refractivity (Wildman–Crippen MR) is 71.4 cm³/mol. The number of hydrogen-bond donors (Lipinski definition) is 3. The van der Waals surface area contributed by atoms with Gasteiger partial charge in [-0.15, -0.1) is 0 Å². The number of pyridine rings is 1. The van der Waals surface area contributed by atoms with Gasteiger partial charge in [0.2, 0.25) is 0 Å². The van der Waals surface area contributed by atoms with Gasteiger partial charge in [0, 0.05) is 13.2 Å². The minimum absolute atomic E-state index is 0.183. The lowest BCUT2D eigenvalue weighted by Gasteiger charge is -2.17. The van der Waals surface area contributed by atoms with Crippen molar-refractivity contribution in [1.29, 1.82) is 0 Å². The first-order chi connectivity index (χ1) is 9.36. The Balaban J connectivity index is 2.82. The molecule has 3 N–H and O–H groups in total. The minimum Gasteiger partial charge on any atom is -0.480 e. The highest BCUT2D eigenvalue weighted by molar-refractivity contribution is 5.97. The van der Waals surface area contributed by atoms with E-state index in [1.165, 1.54) is 25.4 Å². The number of aliphatic carboxylic acids is 1. The first-order valence-electron chi connectivity index (χ1n) is 6.08. The van der Waals surface area contributed by atoms with Crippen LogP contribution in [-0.2, 0) is 4.79 Å². The molecule has 1 atom stereocenters. The van der Waals surface area contributed by atoms with Crippen molar-refractivity contribution in [2.45, 2.75) is 19.9 Å². The molecule has 7 heteroatoms. The maximum absolute atomic E-state index is 11.9. The maximum atomic E-state index is 11.9. The zero-order valence-corrected chi connectivity index (χ0v) is 11.5. The number of rotatable bonds is 5. The van der Waals surface area contributed by atoms with Crippen LogP contribution in [0.5, 0.6) is 0 Å². The molecule has 0 aliphatic heterocycles. The lowest BCUT2D eigenvalue weighted by molar-refractivity contribution is -0.140. The quantitative estimate of drug-likeness (QED) is 0.717. The summed E-state index contributed by atoms with van der Waals surface area (Å²) in [6.07, 6.45) is 1.24. The number of amides is 2. The molecular weight excluding hydrogens is 262 g/mol. The van der Waals surface area contributed by atoms with Gasteiger partial charge in [-0.05, 0) is 18.1 Å². The third-order valence-corrected chi connectivity index (χ3v) is 2.70. The number of carbonyl (C=O) groups excluding carboxylic acids is 2. The van der Waals surface area contributed by atoms with Crippen molar-refractivity contribution in [1.82, 2.24) is 15.6 Å². The van der Waals surface area contributed by atoms with E-state index in [1.807, 2.05) is 0 Å². The van der Waals surface area contributed by atoms with Crippen LogP contribution in [0.4, 0.5) is 0 Å². The molecule has 0 unspecified atom stereocenters. The lowest BCUT2D eigenvalue weighted by atomic mass is 10.0. The topological polar surface area (TPSA) is 108 Å². The fraction of sp³-hybridized carbons (Fsp3) is 0.385. The number of carboxylic acids is 1. The van der Waals surface area contributed by atoms with Crippen molar-refractivity contribution < 1.29 is 19.5 Å². The summed E-state index contributed by atoms with van der Waals surface area (Å²) in [7, 11) is 1.48. The normalized spacial score (nSPS) is 11.8. The second-order valence-corrected chi connectivity index (χ2v) is 4.54. The molecule has 0 aromatic carbocycles. The Hall–Kier alpha value is -2.44. The summed E-state index contributed by atoms with van der Waals surface area (Å²) in [6, 6.07) is 1.85. The van der Waals surface area contributed by atoms with Crippen LogP contribution < -0.4 is 10.6 Å². The molecule has 7 nitrogen and oxygen atoms in total. The summed E-state index contributed by atoms with van der Waals surface area (Å²) in [4.78, 5) is 38.1. The molecule has 0 saturated heterocycles. The van der Waals surface area contributed by atoms with Crippen LogP contribution >= 0.6 is 0 Å². The summed E-state index contributed by atoms with van der Waals surface area (Å²) >= 11 is 0. The van der Waals surface area contributed by atoms with Gasteiger partial charge in [-0.25, -0.2) is 4.79 Å². The summed E-state index contributed by atoms with van der Waals surface area (Å²) in [5, 5.41) is 13.8. The smallest absolute Gasteiger partial charge is 0.326 e. The average molecular weight is 279 g/mol. The highest BCUT2D eigenvalue weighted by Crippen LogP contribution is 2.05. The fourth-order valence-electron chi connectivity index (χ4n) is 1.53. The van der Waals surface area contributed by atoms with E-state index in [-0.39, 0.29) is 23.1 Å². The van der Waals surface area contributed by atoms with E-state index in [2.05, 4.69) is 15.6 Å². The van der Waals surface area contributed by atoms with Gasteiger partial charge in [0.25, 0.3) is 11.8 Å². The summed E-state index contributed by atoms with van der Waals surface area (Å²) in [6.45, 7) is 3.40. The Morgan fingerprint density at radius 3 is 2.25 bits per heavy atom. The molecule has 1 aromatic heterocycles. The van der Waals surface area contributed by atoms with Gasteiger partial charge < -0.3 is 15.7 Å². The number of nitrogens with one attached hydrogen (secondary N) is 2. The number of carboxylic acid groups (broad SMARTS) is 1. The molecule has 0 aliphatic rings. The molecule has 1 heterocycles. The Morgan fingerprint density at radius 2 is 1.85 bits per heavy atom. The first-order valence-corrected chi connectivity index (χ1v) is 6.08. The number of nitrogens with zero attached hydrogens (tertiary/aromatic N) is 1. The zero-order valence-electron chi connectivity index (χ0n) is 11.5. The van der Waals surface area contributed by atoms with Crippen LogP contribution in [-0.4, -0.2) is 41.0 Å². The molecule has 0 aliphatic carbocycles. The summed E-state index contributed by atoms with van der Waals surface area (Å²) in [5.41, 5.74) is 0.382. The number of carbonyl (C=O) groups is 3. The molecule has 1 aromatic rings. The van der Waals surface area contributed by atoms with Crippen molar-refractivity contribution in [2.75, 3.05) is 7.05 Å². The molecule has 108 valence electrons.